The van der Waals surface area contributed by atoms with Crippen LogP contribution in [0.4, 0.5) is 17.1 Å². The maximum Gasteiger partial charge on any atom is 0.275 e. The molecule has 2 aliphatic rings. The predicted octanol–water partition coefficient (Wildman–Crippen LogP) is 5.55. The van der Waals surface area contributed by atoms with E-state index in [1.54, 1.807) is 24.3 Å². The maximum atomic E-state index is 15.3. The lowest BCUT2D eigenvalue weighted by molar-refractivity contribution is -0.121. The van der Waals surface area contributed by atoms with Crippen molar-refractivity contribution in [3.63, 3.8) is 0 Å². The number of rotatable bonds is 4. The molecular formula is C27H28N3O3P. The summed E-state index contributed by atoms with van der Waals surface area (Å²) in [6.45, 7) is 5.14. The number of hydrogen-bond acceptors (Lipinski definition) is 3. The van der Waals surface area contributed by atoms with Crippen molar-refractivity contribution in [1.29, 1.82) is 0 Å². The van der Waals surface area contributed by atoms with Crippen LogP contribution in [0.15, 0.2) is 78.9 Å². The molecule has 1 unspecified atom stereocenters. The summed E-state index contributed by atoms with van der Waals surface area (Å²) in [5.74, 6) is -0.703. The first-order valence-corrected chi connectivity index (χ1v) is 13.3. The number of para-hydroxylation sites is 1. The molecule has 3 aromatic carbocycles. The van der Waals surface area contributed by atoms with Gasteiger partial charge in [-0.1, -0.05) is 53.6 Å². The SMILES string of the molecule is Cc1ccc(N2CCCN(c3ccc(C)cc3)P2(=O)C2CC(=O)N(c3ccccc3)C2=O)cc1. The van der Waals surface area contributed by atoms with E-state index in [9.17, 15) is 9.59 Å². The number of carbonyl (C=O) groups is 2. The van der Waals surface area contributed by atoms with Gasteiger partial charge in [0.25, 0.3) is 7.44 Å². The van der Waals surface area contributed by atoms with E-state index in [1.807, 2.05) is 77.8 Å². The van der Waals surface area contributed by atoms with Gasteiger partial charge < -0.3 is 9.34 Å². The van der Waals surface area contributed by atoms with Crippen LogP contribution < -0.4 is 14.2 Å². The van der Waals surface area contributed by atoms with Crippen LogP contribution in [0.25, 0.3) is 0 Å². The topological polar surface area (TPSA) is 60.9 Å². The van der Waals surface area contributed by atoms with Crippen LogP contribution in [-0.2, 0) is 14.2 Å². The summed E-state index contributed by atoms with van der Waals surface area (Å²) in [4.78, 5) is 28.1. The summed E-state index contributed by atoms with van der Waals surface area (Å²) in [5.41, 5.74) is 3.41. The quantitative estimate of drug-likeness (QED) is 0.368. The van der Waals surface area contributed by atoms with E-state index in [-0.39, 0.29) is 12.3 Å². The monoisotopic (exact) mass is 473 g/mol. The largest absolute Gasteiger partial charge is 0.306 e. The second kappa shape index (κ2) is 8.77. The summed E-state index contributed by atoms with van der Waals surface area (Å²) < 4.78 is 19.0. The van der Waals surface area contributed by atoms with Gasteiger partial charge in [-0.15, -0.1) is 0 Å². The van der Waals surface area contributed by atoms with Gasteiger partial charge in [0, 0.05) is 30.9 Å². The Morgan fingerprint density at radius 2 is 1.21 bits per heavy atom. The Bertz CT molecular complexity index is 1200. The first-order valence-electron chi connectivity index (χ1n) is 11.6. The zero-order valence-electron chi connectivity index (χ0n) is 19.4. The van der Waals surface area contributed by atoms with Crippen LogP contribution in [0.2, 0.25) is 0 Å². The van der Waals surface area contributed by atoms with Gasteiger partial charge in [-0.2, -0.15) is 0 Å². The molecule has 0 bridgehead atoms. The number of hydrogen-bond donors (Lipinski definition) is 0. The van der Waals surface area contributed by atoms with Crippen molar-refractivity contribution in [3.8, 4) is 0 Å². The van der Waals surface area contributed by atoms with E-state index in [0.29, 0.717) is 18.8 Å². The summed E-state index contributed by atoms with van der Waals surface area (Å²) in [5, 5.41) is 0. The molecule has 0 saturated carbocycles. The van der Waals surface area contributed by atoms with Crippen molar-refractivity contribution >= 4 is 36.3 Å². The minimum absolute atomic E-state index is 0.0737. The summed E-state index contributed by atoms with van der Waals surface area (Å²) >= 11 is 0. The molecule has 0 spiro atoms. The number of carbonyl (C=O) groups excluding carboxylic acids is 2. The number of anilines is 3. The van der Waals surface area contributed by atoms with Gasteiger partial charge in [-0.25, -0.2) is 4.90 Å². The van der Waals surface area contributed by atoms with Crippen molar-refractivity contribution in [2.45, 2.75) is 32.3 Å². The average molecular weight is 474 g/mol. The Balaban J connectivity index is 1.63. The zero-order chi connectivity index (χ0) is 23.9. The first-order chi connectivity index (χ1) is 16.4. The third-order valence-electron chi connectivity index (χ3n) is 6.64. The molecule has 2 aliphatic heterocycles. The molecule has 0 aliphatic carbocycles. The number of benzene rings is 3. The van der Waals surface area contributed by atoms with Crippen molar-refractivity contribution < 1.29 is 14.2 Å². The molecule has 2 amide bonds. The number of imide groups is 1. The van der Waals surface area contributed by atoms with Crippen LogP contribution in [0.5, 0.6) is 0 Å². The van der Waals surface area contributed by atoms with Gasteiger partial charge >= 0.3 is 0 Å². The van der Waals surface area contributed by atoms with Crippen LogP contribution >= 0.6 is 7.44 Å². The second-order valence-corrected chi connectivity index (χ2v) is 11.8. The van der Waals surface area contributed by atoms with Crippen LogP contribution in [0.3, 0.4) is 0 Å². The molecule has 0 aromatic heterocycles. The molecule has 0 N–H and O–H groups in total. The van der Waals surface area contributed by atoms with Crippen LogP contribution in [-0.4, -0.2) is 30.6 Å². The smallest absolute Gasteiger partial charge is 0.275 e. The molecule has 2 saturated heterocycles. The molecule has 3 aromatic rings. The highest BCUT2D eigenvalue weighted by atomic mass is 31.2. The molecular weight excluding hydrogens is 445 g/mol. The van der Waals surface area contributed by atoms with Crippen molar-refractivity contribution in [2.75, 3.05) is 27.3 Å². The van der Waals surface area contributed by atoms with E-state index < -0.39 is 19.0 Å². The molecule has 174 valence electrons. The lowest BCUT2D eigenvalue weighted by Crippen LogP contribution is -2.46. The molecule has 34 heavy (non-hydrogen) atoms. The minimum atomic E-state index is -3.55. The van der Waals surface area contributed by atoms with E-state index in [1.165, 1.54) is 4.90 Å². The van der Waals surface area contributed by atoms with E-state index in [4.69, 9.17) is 0 Å². The van der Waals surface area contributed by atoms with Gasteiger partial charge in [-0.05, 0) is 56.7 Å². The van der Waals surface area contributed by atoms with Crippen molar-refractivity contribution in [1.82, 2.24) is 0 Å². The molecule has 2 heterocycles. The van der Waals surface area contributed by atoms with E-state index >= 15 is 4.57 Å². The third-order valence-corrected chi connectivity index (χ3v) is 10.1. The van der Waals surface area contributed by atoms with Gasteiger partial charge in [0.1, 0.15) is 5.66 Å². The fourth-order valence-corrected chi connectivity index (χ4v) is 8.39. The molecule has 5 rings (SSSR count). The predicted molar refractivity (Wildman–Crippen MR) is 137 cm³/mol. The summed E-state index contributed by atoms with van der Waals surface area (Å²) in [7, 11) is -3.55. The summed E-state index contributed by atoms with van der Waals surface area (Å²) in [6.07, 6.45) is 0.721. The van der Waals surface area contributed by atoms with Crippen molar-refractivity contribution in [2.24, 2.45) is 0 Å². The summed E-state index contributed by atoms with van der Waals surface area (Å²) in [6, 6.07) is 24.7. The van der Waals surface area contributed by atoms with E-state index in [0.717, 1.165) is 28.9 Å². The standard InChI is InChI=1S/C27H28N3O3P/c1-20-9-13-22(14-10-20)28-17-6-18-29(23-15-11-21(2)12-16-23)34(28,33)25-19-26(31)30(27(25)32)24-7-4-3-5-8-24/h3-5,7-16,25H,6,17-19H2,1-2H3. The zero-order valence-corrected chi connectivity index (χ0v) is 20.3. The first kappa shape index (κ1) is 22.4. The molecule has 6 nitrogen and oxygen atoms in total. The van der Waals surface area contributed by atoms with E-state index in [2.05, 4.69) is 0 Å². The Morgan fingerprint density at radius 1 is 0.706 bits per heavy atom. The maximum absolute atomic E-state index is 15.3. The van der Waals surface area contributed by atoms with Crippen LogP contribution in [0, 0.1) is 13.8 Å². The van der Waals surface area contributed by atoms with Gasteiger partial charge in [0.15, 0.2) is 0 Å². The Kier molecular flexibility index (Phi) is 5.78. The van der Waals surface area contributed by atoms with Crippen molar-refractivity contribution in [3.05, 3.63) is 90.0 Å². The van der Waals surface area contributed by atoms with Crippen LogP contribution in [0.1, 0.15) is 24.0 Å². The third kappa shape index (κ3) is 3.72. The van der Waals surface area contributed by atoms with Gasteiger partial charge in [-0.3, -0.25) is 14.2 Å². The number of amides is 2. The average Bonchev–Trinajstić information content (AvgIpc) is 3.15. The Labute approximate surface area is 200 Å². The Morgan fingerprint density at radius 3 is 1.71 bits per heavy atom. The molecule has 0 radical (unpaired) electrons. The molecule has 1 atom stereocenters. The normalized spacial score (nSPS) is 20.2. The van der Waals surface area contributed by atoms with Gasteiger partial charge in [0.2, 0.25) is 11.8 Å². The Hall–Kier alpha value is -3.37. The second-order valence-electron chi connectivity index (χ2n) is 8.98. The highest BCUT2D eigenvalue weighted by Crippen LogP contribution is 2.64. The highest BCUT2D eigenvalue weighted by molar-refractivity contribution is 7.69. The minimum Gasteiger partial charge on any atom is -0.306 e. The van der Waals surface area contributed by atoms with Gasteiger partial charge in [0.05, 0.1) is 5.69 Å². The fourth-order valence-electron chi connectivity index (χ4n) is 4.87. The number of nitrogens with zero attached hydrogens (tertiary/aromatic N) is 3. The number of aryl methyl sites for hydroxylation is 2. The lowest BCUT2D eigenvalue weighted by atomic mass is 10.2. The highest BCUT2D eigenvalue weighted by Gasteiger charge is 2.56. The molecule has 7 heteroatoms. The molecule has 2 fully saturated rings. The lowest BCUT2D eigenvalue weighted by Gasteiger charge is -2.47. The fraction of sp³-hybridized carbons (Fsp3) is 0.259.